The topological polar surface area (TPSA) is 96.5 Å². The number of benzene rings is 2. The number of carbonyl (C=O) groups is 2. The lowest BCUT2D eigenvalue weighted by atomic mass is 10.1. The van der Waals surface area contributed by atoms with Crippen molar-refractivity contribution < 1.29 is 14.3 Å². The second kappa shape index (κ2) is 11.8. The minimum absolute atomic E-state index is 0.0435. The zero-order chi connectivity index (χ0) is 23.7. The first kappa shape index (κ1) is 24.9. The average Bonchev–Trinajstić information content (AvgIpc) is 2.76. The molecule has 0 fully saturated rings. The van der Waals surface area contributed by atoms with E-state index in [0.717, 1.165) is 31.5 Å². The first-order chi connectivity index (χ1) is 15.2. The molecular weight excluding hydrogens is 402 g/mol. The van der Waals surface area contributed by atoms with Crippen LogP contribution in [0.1, 0.15) is 62.0 Å². The summed E-state index contributed by atoms with van der Waals surface area (Å²) in [5.41, 5.74) is 7.92. The van der Waals surface area contributed by atoms with Gasteiger partial charge in [0, 0.05) is 24.2 Å². The number of nitrogens with one attached hydrogen (secondary N) is 1. The van der Waals surface area contributed by atoms with Gasteiger partial charge in [0.05, 0.1) is 5.56 Å². The maximum atomic E-state index is 12.9. The quantitative estimate of drug-likeness (QED) is 0.183. The third kappa shape index (κ3) is 7.38. The molecule has 6 nitrogen and oxygen atoms in total. The minimum Gasteiger partial charge on any atom is -0.423 e. The van der Waals surface area contributed by atoms with E-state index in [-0.39, 0.29) is 11.7 Å². The number of hydrogen-bond acceptors (Lipinski definition) is 4. The van der Waals surface area contributed by atoms with Crippen molar-refractivity contribution in [3.05, 3.63) is 70.8 Å². The summed E-state index contributed by atoms with van der Waals surface area (Å²) in [4.78, 5) is 27.2. The van der Waals surface area contributed by atoms with Gasteiger partial charge in [0.1, 0.15) is 11.6 Å². The Labute approximate surface area is 190 Å². The van der Waals surface area contributed by atoms with Crippen LogP contribution in [0.2, 0.25) is 0 Å². The Morgan fingerprint density at radius 3 is 2.16 bits per heavy atom. The summed E-state index contributed by atoms with van der Waals surface area (Å²) < 4.78 is 5.37. The molecule has 0 atom stereocenters. The second-order valence-electron chi connectivity index (χ2n) is 8.25. The number of carbonyl (C=O) groups excluding carboxylic acids is 2. The number of nitrogens with two attached hydrogens (primary N) is 1. The van der Waals surface area contributed by atoms with Gasteiger partial charge in [0.15, 0.2) is 0 Å². The molecule has 6 heteroatoms. The van der Waals surface area contributed by atoms with Gasteiger partial charge in [0.25, 0.3) is 0 Å². The summed E-state index contributed by atoms with van der Waals surface area (Å²) in [5.74, 6) is 0.448. The van der Waals surface area contributed by atoms with Crippen molar-refractivity contribution in [3.63, 3.8) is 0 Å². The highest BCUT2D eigenvalue weighted by atomic mass is 16.5. The van der Waals surface area contributed by atoms with Gasteiger partial charge < -0.3 is 15.4 Å². The number of ether oxygens (including phenoxy) is 1. The van der Waals surface area contributed by atoms with Crippen LogP contribution in [-0.2, 0) is 4.79 Å². The van der Waals surface area contributed by atoms with Gasteiger partial charge in [-0.3, -0.25) is 10.2 Å². The molecule has 2 aromatic carbocycles. The lowest BCUT2D eigenvalue weighted by Crippen LogP contribution is -2.33. The van der Waals surface area contributed by atoms with Gasteiger partial charge in [-0.2, -0.15) is 0 Å². The van der Waals surface area contributed by atoms with E-state index in [4.69, 9.17) is 15.9 Å². The maximum Gasteiger partial charge on any atom is 0.343 e. The second-order valence-corrected chi connectivity index (χ2v) is 8.25. The molecule has 2 rings (SSSR count). The maximum absolute atomic E-state index is 12.9. The zero-order valence-electron chi connectivity index (χ0n) is 19.4. The van der Waals surface area contributed by atoms with Gasteiger partial charge in [-0.05, 0) is 73.7 Å². The number of rotatable bonds is 10. The average molecular weight is 436 g/mol. The van der Waals surface area contributed by atoms with Crippen LogP contribution in [0.3, 0.4) is 0 Å². The van der Waals surface area contributed by atoms with E-state index in [9.17, 15) is 9.59 Å². The predicted octanol–water partition coefficient (Wildman–Crippen LogP) is 4.88. The molecule has 0 aliphatic carbocycles. The van der Waals surface area contributed by atoms with E-state index in [1.807, 2.05) is 17.9 Å². The minimum atomic E-state index is -0.480. The molecule has 0 aliphatic rings. The molecule has 0 radical (unpaired) electrons. The number of amidine groups is 1. The van der Waals surface area contributed by atoms with Crippen molar-refractivity contribution in [2.24, 2.45) is 11.7 Å². The van der Waals surface area contributed by atoms with Gasteiger partial charge in [0.2, 0.25) is 5.91 Å². The third-order valence-electron chi connectivity index (χ3n) is 5.00. The molecule has 0 spiro atoms. The summed E-state index contributed by atoms with van der Waals surface area (Å²) in [6.07, 6.45) is 3.74. The fraction of sp³-hybridized carbons (Fsp3) is 0.346. The van der Waals surface area contributed by atoms with E-state index in [1.165, 1.54) is 0 Å². The molecule has 0 heterocycles. The fourth-order valence-electron chi connectivity index (χ4n) is 3.14. The Morgan fingerprint density at radius 1 is 1.03 bits per heavy atom. The summed E-state index contributed by atoms with van der Waals surface area (Å²) in [7, 11) is 0. The summed E-state index contributed by atoms with van der Waals surface area (Å²) in [5, 5.41) is 7.40. The Morgan fingerprint density at radius 2 is 1.62 bits per heavy atom. The van der Waals surface area contributed by atoms with Crippen LogP contribution in [0.15, 0.2) is 54.1 Å². The standard InChI is InChI=1S/C26H33N3O3/c1-5-15-29(16-14-18(2)3)25(30)19(4)17-20-6-8-22(9-7-20)26(31)32-23-12-10-21(11-13-23)24(27)28/h6-13,17-18H,5,14-16H2,1-4H3,(H3,27,28)/b19-17+. The number of nitrogens with zero attached hydrogens (tertiary/aromatic N) is 1. The van der Waals surface area contributed by atoms with Crippen molar-refractivity contribution in [1.82, 2.24) is 4.90 Å². The van der Waals surface area contributed by atoms with Gasteiger partial charge >= 0.3 is 5.97 Å². The Balaban J connectivity index is 2.04. The Bertz CT molecular complexity index is 961. The smallest absolute Gasteiger partial charge is 0.343 e. The molecule has 32 heavy (non-hydrogen) atoms. The van der Waals surface area contributed by atoms with Gasteiger partial charge in [-0.15, -0.1) is 0 Å². The normalized spacial score (nSPS) is 11.3. The van der Waals surface area contributed by atoms with Gasteiger partial charge in [-0.25, -0.2) is 4.79 Å². The molecule has 2 aromatic rings. The van der Waals surface area contributed by atoms with E-state index in [2.05, 4.69) is 20.8 Å². The van der Waals surface area contributed by atoms with Crippen LogP contribution in [-0.4, -0.2) is 35.7 Å². The van der Waals surface area contributed by atoms with Crippen LogP contribution < -0.4 is 10.5 Å². The van der Waals surface area contributed by atoms with Crippen molar-refractivity contribution in [2.45, 2.75) is 40.5 Å². The van der Waals surface area contributed by atoms with Crippen molar-refractivity contribution in [1.29, 1.82) is 5.41 Å². The van der Waals surface area contributed by atoms with Crippen LogP contribution in [0.4, 0.5) is 0 Å². The zero-order valence-corrected chi connectivity index (χ0v) is 19.4. The van der Waals surface area contributed by atoms with E-state index in [0.29, 0.717) is 28.4 Å². The predicted molar refractivity (Wildman–Crippen MR) is 129 cm³/mol. The molecule has 0 saturated carbocycles. The highest BCUT2D eigenvalue weighted by Crippen LogP contribution is 2.16. The summed E-state index contributed by atoms with van der Waals surface area (Å²) >= 11 is 0. The molecule has 0 saturated heterocycles. The lowest BCUT2D eigenvalue weighted by molar-refractivity contribution is -0.127. The highest BCUT2D eigenvalue weighted by Gasteiger charge is 2.15. The van der Waals surface area contributed by atoms with Crippen LogP contribution in [0, 0.1) is 11.3 Å². The number of nitrogen functional groups attached to an aromatic ring is 1. The molecule has 170 valence electrons. The fourth-order valence-corrected chi connectivity index (χ4v) is 3.14. The number of esters is 1. The van der Waals surface area contributed by atoms with Crippen LogP contribution >= 0.6 is 0 Å². The molecule has 3 N–H and O–H groups in total. The lowest BCUT2D eigenvalue weighted by Gasteiger charge is -2.23. The first-order valence-electron chi connectivity index (χ1n) is 11.0. The monoisotopic (exact) mass is 435 g/mol. The molecule has 0 unspecified atom stereocenters. The number of hydrogen-bond donors (Lipinski definition) is 2. The van der Waals surface area contributed by atoms with E-state index >= 15 is 0 Å². The molecule has 0 aliphatic heterocycles. The van der Waals surface area contributed by atoms with E-state index in [1.54, 1.807) is 48.5 Å². The molecule has 0 aromatic heterocycles. The summed E-state index contributed by atoms with van der Waals surface area (Å²) in [6, 6.07) is 13.4. The van der Waals surface area contributed by atoms with Crippen LogP contribution in [0.5, 0.6) is 5.75 Å². The van der Waals surface area contributed by atoms with Crippen molar-refractivity contribution >= 4 is 23.8 Å². The number of amides is 1. The third-order valence-corrected chi connectivity index (χ3v) is 5.00. The van der Waals surface area contributed by atoms with Crippen molar-refractivity contribution in [3.8, 4) is 5.75 Å². The first-order valence-corrected chi connectivity index (χ1v) is 11.0. The SMILES string of the molecule is CCCN(CCC(C)C)C(=O)/C(C)=C/c1ccc(C(=O)Oc2ccc(C(=N)N)cc2)cc1. The van der Waals surface area contributed by atoms with E-state index < -0.39 is 5.97 Å². The largest absolute Gasteiger partial charge is 0.423 e. The summed E-state index contributed by atoms with van der Waals surface area (Å²) in [6.45, 7) is 9.72. The van der Waals surface area contributed by atoms with Gasteiger partial charge in [-0.1, -0.05) is 32.9 Å². The van der Waals surface area contributed by atoms with Crippen LogP contribution in [0.25, 0.3) is 6.08 Å². The molecular formula is C26H33N3O3. The molecule has 1 amide bonds. The van der Waals surface area contributed by atoms with Crippen molar-refractivity contribution in [2.75, 3.05) is 13.1 Å². The Hall–Kier alpha value is -3.41. The highest BCUT2D eigenvalue weighted by molar-refractivity contribution is 5.97. The molecule has 0 bridgehead atoms. The Kier molecular flexibility index (Phi) is 9.20.